The molecule has 1 heterocycles. The molecule has 3 nitrogen and oxygen atoms in total. The quantitative estimate of drug-likeness (QED) is 0.878. The van der Waals surface area contributed by atoms with E-state index in [0.29, 0.717) is 6.04 Å². The van der Waals surface area contributed by atoms with Crippen molar-refractivity contribution in [2.24, 2.45) is 0 Å². The van der Waals surface area contributed by atoms with Gasteiger partial charge in [-0.2, -0.15) is 0 Å². The van der Waals surface area contributed by atoms with Gasteiger partial charge >= 0.3 is 0 Å². The predicted octanol–water partition coefficient (Wildman–Crippen LogP) is 3.08. The molecule has 0 bridgehead atoms. The summed E-state index contributed by atoms with van der Waals surface area (Å²) in [5.41, 5.74) is 0.809. The third-order valence-corrected chi connectivity index (χ3v) is 4.32. The van der Waals surface area contributed by atoms with E-state index in [1.807, 2.05) is 35.2 Å². The molecule has 1 fully saturated rings. The first kappa shape index (κ1) is 15.8. The molecule has 2 unspecified atom stereocenters. The molecule has 3 rings (SSSR count). The zero-order valence-electron chi connectivity index (χ0n) is 12.4. The van der Waals surface area contributed by atoms with Gasteiger partial charge in [0.25, 0.3) is 5.91 Å². The number of carbonyl (C=O) groups excluding carboxylic acids is 1. The maximum absolute atomic E-state index is 12.9. The number of fused-ring (bicyclic) bond motifs is 1. The molecule has 0 aliphatic carbocycles. The highest BCUT2D eigenvalue weighted by molar-refractivity contribution is 6.07. The molecule has 1 aliphatic rings. The molecule has 1 aliphatic heterocycles. The van der Waals surface area contributed by atoms with Gasteiger partial charge in [-0.25, -0.2) is 0 Å². The standard InChI is InChI=1S/C17H20N2O.ClH/c1-12-13(2)19(11-10-18-12)17(20)16-9-5-7-14-6-3-4-8-15(14)16;/h3-9,12-13,18H,10-11H2,1-2H3;1H. The Kier molecular flexibility index (Phi) is 4.86. The minimum atomic E-state index is 0. The second-order valence-electron chi connectivity index (χ2n) is 5.51. The number of hydrogen-bond donors (Lipinski definition) is 1. The van der Waals surface area contributed by atoms with Gasteiger partial charge in [-0.1, -0.05) is 36.4 Å². The summed E-state index contributed by atoms with van der Waals surface area (Å²) in [5.74, 6) is 0.141. The highest BCUT2D eigenvalue weighted by Crippen LogP contribution is 2.22. The Morgan fingerprint density at radius 1 is 1.14 bits per heavy atom. The lowest BCUT2D eigenvalue weighted by Crippen LogP contribution is -2.57. The first-order valence-electron chi connectivity index (χ1n) is 7.20. The molecule has 0 saturated carbocycles. The maximum atomic E-state index is 12.9. The summed E-state index contributed by atoms with van der Waals surface area (Å²) < 4.78 is 0. The molecule has 2 aromatic rings. The van der Waals surface area contributed by atoms with Crippen LogP contribution in [0.3, 0.4) is 0 Å². The Labute approximate surface area is 131 Å². The summed E-state index contributed by atoms with van der Waals surface area (Å²) in [5, 5.41) is 5.57. The molecular weight excluding hydrogens is 284 g/mol. The predicted molar refractivity (Wildman–Crippen MR) is 89.2 cm³/mol. The average molecular weight is 305 g/mol. The Balaban J connectivity index is 0.00000161. The fourth-order valence-electron chi connectivity index (χ4n) is 2.91. The molecule has 2 atom stereocenters. The van der Waals surface area contributed by atoms with Gasteiger partial charge in [0.05, 0.1) is 0 Å². The van der Waals surface area contributed by atoms with Gasteiger partial charge in [-0.15, -0.1) is 12.4 Å². The molecule has 1 amide bonds. The van der Waals surface area contributed by atoms with E-state index in [4.69, 9.17) is 0 Å². The number of nitrogens with one attached hydrogen (secondary N) is 1. The molecule has 4 heteroatoms. The van der Waals surface area contributed by atoms with Crippen LogP contribution in [-0.4, -0.2) is 36.0 Å². The van der Waals surface area contributed by atoms with Gasteiger partial charge in [-0.3, -0.25) is 4.79 Å². The smallest absolute Gasteiger partial charge is 0.254 e. The second-order valence-corrected chi connectivity index (χ2v) is 5.51. The largest absolute Gasteiger partial charge is 0.333 e. The van der Waals surface area contributed by atoms with Gasteiger partial charge < -0.3 is 10.2 Å². The lowest BCUT2D eigenvalue weighted by atomic mass is 10.0. The lowest BCUT2D eigenvalue weighted by molar-refractivity contribution is 0.0605. The molecule has 21 heavy (non-hydrogen) atoms. The maximum Gasteiger partial charge on any atom is 0.254 e. The van der Waals surface area contributed by atoms with Gasteiger partial charge in [0.1, 0.15) is 0 Å². The van der Waals surface area contributed by atoms with Crippen LogP contribution < -0.4 is 5.32 Å². The zero-order valence-corrected chi connectivity index (χ0v) is 13.2. The van der Waals surface area contributed by atoms with E-state index in [1.165, 1.54) is 0 Å². The number of benzene rings is 2. The third-order valence-electron chi connectivity index (χ3n) is 4.32. The SMILES string of the molecule is CC1NCCN(C(=O)c2cccc3ccccc23)C1C.Cl. The highest BCUT2D eigenvalue weighted by atomic mass is 35.5. The number of rotatable bonds is 1. The average Bonchev–Trinajstić information content (AvgIpc) is 2.49. The number of amides is 1. The molecule has 112 valence electrons. The first-order valence-corrected chi connectivity index (χ1v) is 7.20. The topological polar surface area (TPSA) is 32.3 Å². The fourth-order valence-corrected chi connectivity index (χ4v) is 2.91. The van der Waals surface area contributed by atoms with Gasteiger partial charge in [0.2, 0.25) is 0 Å². The van der Waals surface area contributed by atoms with Crippen LogP contribution in [0, 0.1) is 0 Å². The van der Waals surface area contributed by atoms with E-state index in [0.717, 1.165) is 29.4 Å². The van der Waals surface area contributed by atoms with Crippen molar-refractivity contribution >= 4 is 29.1 Å². The Hall–Kier alpha value is -1.58. The normalized spacial score (nSPS) is 21.9. The van der Waals surface area contributed by atoms with E-state index in [2.05, 4.69) is 31.3 Å². The van der Waals surface area contributed by atoms with Crippen molar-refractivity contribution in [3.63, 3.8) is 0 Å². The Morgan fingerprint density at radius 2 is 1.86 bits per heavy atom. The van der Waals surface area contributed by atoms with Crippen LogP contribution in [0.15, 0.2) is 42.5 Å². The van der Waals surface area contributed by atoms with Crippen LogP contribution in [0.2, 0.25) is 0 Å². The fraction of sp³-hybridized carbons (Fsp3) is 0.353. The van der Waals surface area contributed by atoms with Gasteiger partial charge in [-0.05, 0) is 30.7 Å². The minimum absolute atomic E-state index is 0. The van der Waals surface area contributed by atoms with Gasteiger partial charge in [0.15, 0.2) is 0 Å². The summed E-state index contributed by atoms with van der Waals surface area (Å²) in [6.45, 7) is 5.88. The summed E-state index contributed by atoms with van der Waals surface area (Å²) >= 11 is 0. The van der Waals surface area contributed by atoms with Crippen LogP contribution in [0.1, 0.15) is 24.2 Å². The number of carbonyl (C=O) groups is 1. The molecule has 0 radical (unpaired) electrons. The summed E-state index contributed by atoms with van der Waals surface area (Å²) in [6.07, 6.45) is 0. The van der Waals surface area contributed by atoms with Crippen molar-refractivity contribution in [3.8, 4) is 0 Å². The minimum Gasteiger partial charge on any atom is -0.333 e. The molecule has 1 N–H and O–H groups in total. The van der Waals surface area contributed by atoms with E-state index in [-0.39, 0.29) is 24.4 Å². The van der Waals surface area contributed by atoms with Crippen molar-refractivity contribution in [1.82, 2.24) is 10.2 Å². The summed E-state index contributed by atoms with van der Waals surface area (Å²) in [6, 6.07) is 14.6. The Bertz CT molecular complexity index is 638. The van der Waals surface area contributed by atoms with Crippen LogP contribution in [0.25, 0.3) is 10.8 Å². The van der Waals surface area contributed by atoms with Gasteiger partial charge in [0, 0.05) is 30.7 Å². The van der Waals surface area contributed by atoms with Crippen LogP contribution in [0.4, 0.5) is 0 Å². The van der Waals surface area contributed by atoms with Crippen LogP contribution in [-0.2, 0) is 0 Å². The highest BCUT2D eigenvalue weighted by Gasteiger charge is 2.29. The van der Waals surface area contributed by atoms with Crippen molar-refractivity contribution in [3.05, 3.63) is 48.0 Å². The number of hydrogen-bond acceptors (Lipinski definition) is 2. The van der Waals surface area contributed by atoms with E-state index < -0.39 is 0 Å². The number of piperazine rings is 1. The van der Waals surface area contributed by atoms with Crippen molar-refractivity contribution < 1.29 is 4.79 Å². The molecule has 1 saturated heterocycles. The van der Waals surface area contributed by atoms with Crippen LogP contribution >= 0.6 is 12.4 Å². The molecular formula is C17H21ClN2O. The summed E-state index contributed by atoms with van der Waals surface area (Å²) in [4.78, 5) is 14.9. The zero-order chi connectivity index (χ0) is 14.1. The third kappa shape index (κ3) is 2.89. The number of nitrogens with zero attached hydrogens (tertiary/aromatic N) is 1. The lowest BCUT2D eigenvalue weighted by Gasteiger charge is -2.38. The molecule has 2 aromatic carbocycles. The summed E-state index contributed by atoms with van der Waals surface area (Å²) in [7, 11) is 0. The van der Waals surface area contributed by atoms with E-state index in [1.54, 1.807) is 0 Å². The molecule has 0 spiro atoms. The van der Waals surface area contributed by atoms with E-state index >= 15 is 0 Å². The van der Waals surface area contributed by atoms with Crippen LogP contribution in [0.5, 0.6) is 0 Å². The molecule has 0 aromatic heterocycles. The van der Waals surface area contributed by atoms with Crippen molar-refractivity contribution in [2.75, 3.05) is 13.1 Å². The number of halogens is 1. The Morgan fingerprint density at radius 3 is 2.67 bits per heavy atom. The first-order chi connectivity index (χ1) is 9.68. The van der Waals surface area contributed by atoms with Crippen molar-refractivity contribution in [1.29, 1.82) is 0 Å². The van der Waals surface area contributed by atoms with E-state index in [9.17, 15) is 4.79 Å². The monoisotopic (exact) mass is 304 g/mol. The van der Waals surface area contributed by atoms with Crippen molar-refractivity contribution in [2.45, 2.75) is 25.9 Å². The second kappa shape index (κ2) is 6.46.